The normalized spacial score (nSPS) is 15.5. The molecular weight excluding hydrogens is 246 g/mol. The summed E-state index contributed by atoms with van der Waals surface area (Å²) >= 11 is 0. The summed E-state index contributed by atoms with van der Waals surface area (Å²) in [5.41, 5.74) is 0. The third-order valence-electron chi connectivity index (χ3n) is 2.37. The maximum absolute atomic E-state index is 12.4. The van der Waals surface area contributed by atoms with E-state index in [0.29, 0.717) is 0 Å². The first-order valence-electron chi connectivity index (χ1n) is 4.76. The molecule has 0 aromatic rings. The minimum atomic E-state index is -4.32. The summed E-state index contributed by atoms with van der Waals surface area (Å²) in [5, 5.41) is 10.2. The van der Waals surface area contributed by atoms with Gasteiger partial charge in [0.25, 0.3) is 0 Å². The number of nitrogens with one attached hydrogen (secondary N) is 1. The maximum atomic E-state index is 12.4. The first kappa shape index (κ1) is 15.7. The second-order valence-corrected chi connectivity index (χ2v) is 3.70. The van der Waals surface area contributed by atoms with E-state index in [2.05, 4.69) is 0 Å². The molecule has 17 heavy (non-hydrogen) atoms. The molecule has 8 heteroatoms. The molecule has 0 radical (unpaired) electrons. The summed E-state index contributed by atoms with van der Waals surface area (Å²) in [6.07, 6.45) is -3.88. The lowest BCUT2D eigenvalue weighted by Gasteiger charge is -2.19. The van der Waals surface area contributed by atoms with Gasteiger partial charge in [-0.3, -0.25) is 9.59 Å². The van der Waals surface area contributed by atoms with E-state index in [1.165, 1.54) is 13.8 Å². The number of carbonyl (C=O) groups excluding carboxylic acids is 1. The molecule has 0 spiro atoms. The van der Waals surface area contributed by atoms with Crippen LogP contribution < -0.4 is 5.32 Å². The molecule has 0 saturated heterocycles. The van der Waals surface area contributed by atoms with Gasteiger partial charge in [0.2, 0.25) is 5.91 Å². The number of carbonyl (C=O) groups is 2. The van der Waals surface area contributed by atoms with Crippen LogP contribution in [-0.2, 0) is 9.59 Å². The molecule has 0 rings (SSSR count). The van der Waals surface area contributed by atoms with Gasteiger partial charge in [-0.2, -0.15) is 8.78 Å². The molecule has 2 unspecified atom stereocenters. The Morgan fingerprint density at radius 1 is 1.24 bits per heavy atom. The van der Waals surface area contributed by atoms with E-state index in [1.54, 1.807) is 5.32 Å². The fourth-order valence-corrected chi connectivity index (χ4v) is 0.884. The molecule has 0 aliphatic rings. The van der Waals surface area contributed by atoms with E-state index in [0.717, 1.165) is 0 Å². The zero-order valence-electron chi connectivity index (χ0n) is 9.21. The van der Waals surface area contributed by atoms with Crippen molar-refractivity contribution in [1.29, 1.82) is 0 Å². The highest BCUT2D eigenvalue weighted by atomic mass is 19.3. The monoisotopic (exact) mass is 259 g/mol. The minimum Gasteiger partial charge on any atom is -0.481 e. The fraction of sp³-hybridized carbons (Fsp3) is 0.778. The number of hydrogen-bond acceptors (Lipinski definition) is 2. The van der Waals surface area contributed by atoms with Gasteiger partial charge in [-0.25, -0.2) is 8.78 Å². The van der Waals surface area contributed by atoms with E-state index >= 15 is 0 Å². The number of alkyl halides is 4. The lowest BCUT2D eigenvalue weighted by atomic mass is 9.95. The number of rotatable bonds is 6. The zero-order valence-corrected chi connectivity index (χ0v) is 9.21. The van der Waals surface area contributed by atoms with Gasteiger partial charge in [0.1, 0.15) is 0 Å². The number of aliphatic carboxylic acids is 1. The first-order valence-corrected chi connectivity index (χ1v) is 4.76. The van der Waals surface area contributed by atoms with Crippen LogP contribution in [0.2, 0.25) is 0 Å². The Bertz CT molecular complexity index is 296. The molecule has 0 aliphatic carbocycles. The van der Waals surface area contributed by atoms with E-state index in [-0.39, 0.29) is 0 Å². The Morgan fingerprint density at radius 3 is 2.06 bits per heavy atom. The number of carboxylic acids is 1. The predicted octanol–water partition coefficient (Wildman–Crippen LogP) is 1.36. The van der Waals surface area contributed by atoms with Crippen LogP contribution in [0.3, 0.4) is 0 Å². The summed E-state index contributed by atoms with van der Waals surface area (Å²) in [5.74, 6) is -8.76. The van der Waals surface area contributed by atoms with Gasteiger partial charge in [-0.1, -0.05) is 13.8 Å². The molecule has 2 N–H and O–H groups in total. The maximum Gasteiger partial charge on any atom is 0.324 e. The Hall–Kier alpha value is -1.34. The van der Waals surface area contributed by atoms with Gasteiger partial charge in [0, 0.05) is 5.92 Å². The Morgan fingerprint density at radius 2 is 1.71 bits per heavy atom. The summed E-state index contributed by atoms with van der Waals surface area (Å²) in [6, 6.07) is 0. The summed E-state index contributed by atoms with van der Waals surface area (Å²) < 4.78 is 48.4. The van der Waals surface area contributed by atoms with Crippen molar-refractivity contribution in [3.8, 4) is 0 Å². The van der Waals surface area contributed by atoms with Crippen molar-refractivity contribution in [2.75, 3.05) is 6.54 Å². The van der Waals surface area contributed by atoms with Crippen LogP contribution in [-0.4, -0.2) is 35.9 Å². The van der Waals surface area contributed by atoms with E-state index in [4.69, 9.17) is 5.11 Å². The quantitative estimate of drug-likeness (QED) is 0.708. The van der Waals surface area contributed by atoms with Crippen molar-refractivity contribution in [3.63, 3.8) is 0 Å². The fourth-order valence-electron chi connectivity index (χ4n) is 0.884. The van der Waals surface area contributed by atoms with Crippen LogP contribution in [0.5, 0.6) is 0 Å². The van der Waals surface area contributed by atoms with Crippen LogP contribution >= 0.6 is 0 Å². The molecule has 0 bridgehead atoms. The second kappa shape index (κ2) is 5.83. The van der Waals surface area contributed by atoms with E-state index in [9.17, 15) is 27.2 Å². The average molecular weight is 259 g/mol. The molecule has 0 aliphatic heterocycles. The second-order valence-electron chi connectivity index (χ2n) is 3.70. The van der Waals surface area contributed by atoms with Gasteiger partial charge in [0.05, 0.1) is 12.5 Å². The first-order chi connectivity index (χ1) is 7.59. The SMILES string of the molecule is CC(C(=O)O)C(C)C(=O)NCC(F)(F)C(F)F. The van der Waals surface area contributed by atoms with Crippen molar-refractivity contribution in [3.05, 3.63) is 0 Å². The Kier molecular flexibility index (Phi) is 5.37. The van der Waals surface area contributed by atoms with E-state index < -0.39 is 42.6 Å². The van der Waals surface area contributed by atoms with Crippen LogP contribution in [0.1, 0.15) is 13.8 Å². The Labute approximate surface area is 95.0 Å². The topological polar surface area (TPSA) is 66.4 Å². The van der Waals surface area contributed by atoms with Crippen molar-refractivity contribution < 1.29 is 32.3 Å². The highest BCUT2D eigenvalue weighted by molar-refractivity contribution is 5.84. The average Bonchev–Trinajstić information content (AvgIpc) is 2.23. The van der Waals surface area contributed by atoms with Crippen molar-refractivity contribution >= 4 is 11.9 Å². The number of carboxylic acid groups (broad SMARTS) is 1. The summed E-state index contributed by atoms with van der Waals surface area (Å²) in [7, 11) is 0. The van der Waals surface area contributed by atoms with Gasteiger partial charge < -0.3 is 10.4 Å². The third kappa shape index (κ3) is 4.58. The van der Waals surface area contributed by atoms with Gasteiger partial charge in [0.15, 0.2) is 0 Å². The predicted molar refractivity (Wildman–Crippen MR) is 49.9 cm³/mol. The lowest BCUT2D eigenvalue weighted by Crippen LogP contribution is -2.44. The van der Waals surface area contributed by atoms with Crippen LogP contribution in [0.4, 0.5) is 17.6 Å². The lowest BCUT2D eigenvalue weighted by molar-refractivity contribution is -0.148. The molecule has 1 amide bonds. The third-order valence-corrected chi connectivity index (χ3v) is 2.37. The molecule has 4 nitrogen and oxygen atoms in total. The van der Waals surface area contributed by atoms with Crippen molar-refractivity contribution in [2.45, 2.75) is 26.2 Å². The van der Waals surface area contributed by atoms with Crippen LogP contribution in [0, 0.1) is 11.8 Å². The number of hydrogen-bond donors (Lipinski definition) is 2. The molecule has 0 saturated carbocycles. The van der Waals surface area contributed by atoms with Crippen LogP contribution in [0.25, 0.3) is 0 Å². The molecule has 0 fully saturated rings. The molecule has 2 atom stereocenters. The molecule has 0 aromatic carbocycles. The highest BCUT2D eigenvalue weighted by Crippen LogP contribution is 2.21. The number of halogens is 4. The molecule has 0 heterocycles. The van der Waals surface area contributed by atoms with Gasteiger partial charge in [-0.05, 0) is 0 Å². The smallest absolute Gasteiger partial charge is 0.324 e. The highest BCUT2D eigenvalue weighted by Gasteiger charge is 2.41. The minimum absolute atomic E-state index is 1.000. The molecular formula is C9H13F4NO3. The summed E-state index contributed by atoms with van der Waals surface area (Å²) in [6.45, 7) is 0.923. The zero-order chi connectivity index (χ0) is 13.8. The Balaban J connectivity index is 4.33. The summed E-state index contributed by atoms with van der Waals surface area (Å²) in [4.78, 5) is 21.7. The molecule has 0 aromatic heterocycles. The number of amides is 1. The standard InChI is InChI=1S/C9H13F4NO3/c1-4(5(2)7(16)17)6(15)14-3-9(12,13)8(10)11/h4-5,8H,3H2,1-2H3,(H,14,15)(H,16,17). The van der Waals surface area contributed by atoms with Crippen molar-refractivity contribution in [2.24, 2.45) is 11.8 Å². The van der Waals surface area contributed by atoms with Crippen LogP contribution in [0.15, 0.2) is 0 Å². The van der Waals surface area contributed by atoms with E-state index in [1.807, 2.05) is 0 Å². The van der Waals surface area contributed by atoms with Gasteiger partial charge in [-0.15, -0.1) is 0 Å². The van der Waals surface area contributed by atoms with Crippen molar-refractivity contribution in [1.82, 2.24) is 5.32 Å². The largest absolute Gasteiger partial charge is 0.481 e. The van der Waals surface area contributed by atoms with Gasteiger partial charge >= 0.3 is 18.3 Å². The molecule has 100 valence electrons.